The zero-order valence-corrected chi connectivity index (χ0v) is 42.4. The van der Waals surface area contributed by atoms with E-state index in [1.54, 1.807) is 0 Å². The van der Waals surface area contributed by atoms with Gasteiger partial charge in [-0.15, -0.1) is 0 Å². The molecular formula is C49H103N2O9P+2. The Morgan fingerprint density at radius 3 is 1.11 bits per heavy atom. The first-order valence-electron chi connectivity index (χ1n) is 25.2. The molecule has 0 fully saturated rings. The van der Waals surface area contributed by atoms with Gasteiger partial charge in [0, 0.05) is 12.8 Å². The van der Waals surface area contributed by atoms with E-state index in [-0.39, 0.29) is 32.2 Å². The Kier molecular flexibility index (Phi) is 43.6. The molecule has 0 amide bonds. The molecule has 12 heteroatoms. The molecule has 0 spiro atoms. The summed E-state index contributed by atoms with van der Waals surface area (Å²) in [6, 6.07) is 0. The van der Waals surface area contributed by atoms with Gasteiger partial charge < -0.3 is 28.4 Å². The Balaban J connectivity index is 0. The third-order valence-corrected chi connectivity index (χ3v) is 11.9. The number of ether oxygens (including phenoxy) is 2. The van der Waals surface area contributed by atoms with Crippen molar-refractivity contribution in [1.29, 1.82) is 0 Å². The van der Waals surface area contributed by atoms with Crippen molar-refractivity contribution in [1.82, 2.24) is 0 Å². The number of phosphoric acid groups is 1. The van der Waals surface area contributed by atoms with Crippen molar-refractivity contribution in [2.24, 2.45) is 0 Å². The topological polar surface area (TPSA) is 129 Å². The van der Waals surface area contributed by atoms with Gasteiger partial charge >= 0.3 is 19.8 Å². The monoisotopic (exact) mass is 895 g/mol. The normalized spacial score (nSPS) is 13.3. The van der Waals surface area contributed by atoms with Crippen LogP contribution < -0.4 is 0 Å². The average molecular weight is 895 g/mol. The van der Waals surface area contributed by atoms with Gasteiger partial charge in [0.2, 0.25) is 0 Å². The zero-order valence-electron chi connectivity index (χ0n) is 41.5. The summed E-state index contributed by atoms with van der Waals surface area (Å²) in [5, 5.41) is 8.39. The molecule has 0 radical (unpaired) electrons. The van der Waals surface area contributed by atoms with Crippen LogP contribution in [0, 0.1) is 0 Å². The van der Waals surface area contributed by atoms with Gasteiger partial charge in [0.05, 0.1) is 55.5 Å². The van der Waals surface area contributed by atoms with E-state index in [0.717, 1.165) is 49.6 Å². The van der Waals surface area contributed by atoms with Crippen LogP contribution in [-0.2, 0) is 32.7 Å². The molecule has 2 atom stereocenters. The Morgan fingerprint density at radius 1 is 0.475 bits per heavy atom. The fourth-order valence-electron chi connectivity index (χ4n) is 6.84. The number of hydrogen-bond acceptors (Lipinski definition) is 8. The standard InChI is InChI=1S/C44H88NO8P.C5H14NO/c1-6-8-10-12-14-16-18-20-22-24-26-28-30-32-34-36-43(46)50-40-42(41-52-54(48,49)51-39-38-45(3,4)5)53-44(47)37-35-33-31-29-27-25-23-21-19-17-15-13-11-9-7-2;1-6(2,3)4-5-7/h42H,6-41H2,1-5H3;7H,4-5H2,1-3H3/q;+1/p+1/t42-;/m1./s1. The van der Waals surface area contributed by atoms with Crippen molar-refractivity contribution >= 4 is 19.8 Å². The highest BCUT2D eigenvalue weighted by molar-refractivity contribution is 7.47. The highest BCUT2D eigenvalue weighted by Crippen LogP contribution is 2.43. The second-order valence-electron chi connectivity index (χ2n) is 19.5. The van der Waals surface area contributed by atoms with Crippen molar-refractivity contribution in [3.63, 3.8) is 0 Å². The fraction of sp³-hybridized carbons (Fsp3) is 0.959. The van der Waals surface area contributed by atoms with Gasteiger partial charge in [0.1, 0.15) is 26.3 Å². The lowest BCUT2D eigenvalue weighted by atomic mass is 10.0. The molecule has 0 aliphatic heterocycles. The number of carbonyl (C=O) groups is 2. The number of rotatable bonds is 44. The molecule has 0 aromatic carbocycles. The Bertz CT molecular complexity index is 1020. The molecule has 0 rings (SSSR count). The van der Waals surface area contributed by atoms with Gasteiger partial charge in [-0.25, -0.2) is 4.57 Å². The summed E-state index contributed by atoms with van der Waals surface area (Å²) in [5.41, 5.74) is 0. The minimum absolute atomic E-state index is 0.0369. The first kappa shape index (κ1) is 62.0. The van der Waals surface area contributed by atoms with Crippen LogP contribution in [-0.4, -0.2) is 119 Å². The van der Waals surface area contributed by atoms with Gasteiger partial charge in [-0.05, 0) is 12.8 Å². The van der Waals surface area contributed by atoms with Crippen LogP contribution in [0.3, 0.4) is 0 Å². The summed E-state index contributed by atoms with van der Waals surface area (Å²) in [5.74, 6) is -0.782. The second kappa shape index (κ2) is 42.9. The molecule has 0 saturated carbocycles. The predicted octanol–water partition coefficient (Wildman–Crippen LogP) is 12.5. The lowest BCUT2D eigenvalue weighted by Gasteiger charge is -2.24. The smallest absolute Gasteiger partial charge is 0.462 e. The molecule has 0 heterocycles. The maximum atomic E-state index is 12.7. The minimum atomic E-state index is -4.37. The van der Waals surface area contributed by atoms with Crippen molar-refractivity contribution in [3.8, 4) is 0 Å². The second-order valence-corrected chi connectivity index (χ2v) is 21.0. The van der Waals surface area contributed by atoms with Crippen LogP contribution in [0.2, 0.25) is 0 Å². The molecule has 0 aromatic rings. The highest BCUT2D eigenvalue weighted by atomic mass is 31.2. The van der Waals surface area contributed by atoms with E-state index in [9.17, 15) is 19.0 Å². The van der Waals surface area contributed by atoms with Crippen molar-refractivity contribution in [2.75, 3.05) is 81.8 Å². The molecule has 1 unspecified atom stereocenters. The Labute approximate surface area is 377 Å². The summed E-state index contributed by atoms with van der Waals surface area (Å²) in [6.45, 7) is 5.58. The van der Waals surface area contributed by atoms with E-state index in [1.165, 1.54) is 154 Å². The summed E-state index contributed by atoms with van der Waals surface area (Å²) in [6.07, 6.45) is 37.1. The van der Waals surface area contributed by atoms with E-state index in [0.29, 0.717) is 17.4 Å². The molecule has 0 bridgehead atoms. The predicted molar refractivity (Wildman–Crippen MR) is 255 cm³/mol. The number of esters is 2. The third kappa shape index (κ3) is 53.2. The molecular weight excluding hydrogens is 792 g/mol. The summed E-state index contributed by atoms with van der Waals surface area (Å²) in [4.78, 5) is 35.4. The van der Waals surface area contributed by atoms with Gasteiger partial charge in [-0.1, -0.05) is 194 Å². The van der Waals surface area contributed by atoms with Gasteiger partial charge in [-0.2, -0.15) is 0 Å². The Hall–Kier alpha value is -1.07. The largest absolute Gasteiger partial charge is 0.472 e. The molecule has 61 heavy (non-hydrogen) atoms. The highest BCUT2D eigenvalue weighted by Gasteiger charge is 2.27. The lowest BCUT2D eigenvalue weighted by Crippen LogP contribution is -2.37. The van der Waals surface area contributed by atoms with Gasteiger partial charge in [0.15, 0.2) is 6.10 Å². The van der Waals surface area contributed by atoms with E-state index in [1.807, 2.05) is 21.1 Å². The molecule has 0 aliphatic carbocycles. The SMILES string of the molecule is CCCCCCCCCCCCCCCCCC(=O)OC[C@H](COP(=O)(O)OCC[N+](C)(C)C)OC(=O)CCCCCCCCCCCCCCCCC.C[N+](C)(C)CCO. The van der Waals surface area contributed by atoms with Gasteiger partial charge in [0.25, 0.3) is 0 Å². The van der Waals surface area contributed by atoms with Crippen molar-refractivity contribution in [2.45, 2.75) is 225 Å². The van der Waals surface area contributed by atoms with Crippen LogP contribution in [0.5, 0.6) is 0 Å². The van der Waals surface area contributed by atoms with Crippen LogP contribution in [0.4, 0.5) is 0 Å². The number of phosphoric ester groups is 1. The number of unbranched alkanes of at least 4 members (excludes halogenated alkanes) is 28. The number of carbonyl (C=O) groups excluding carboxylic acids is 2. The van der Waals surface area contributed by atoms with Crippen molar-refractivity contribution < 1.29 is 51.6 Å². The van der Waals surface area contributed by atoms with E-state index >= 15 is 0 Å². The third-order valence-electron chi connectivity index (χ3n) is 10.9. The Morgan fingerprint density at radius 2 is 0.803 bits per heavy atom. The summed E-state index contributed by atoms with van der Waals surface area (Å²) in [7, 11) is 7.65. The van der Waals surface area contributed by atoms with Crippen LogP contribution in [0.1, 0.15) is 219 Å². The number of hydrogen-bond donors (Lipinski definition) is 2. The molecule has 366 valence electrons. The van der Waals surface area contributed by atoms with E-state index in [2.05, 4.69) is 35.0 Å². The molecule has 0 saturated heterocycles. The number of aliphatic hydroxyl groups is 1. The van der Waals surface area contributed by atoms with E-state index < -0.39 is 26.5 Å². The summed E-state index contributed by atoms with van der Waals surface area (Å²) < 4.78 is 35.2. The quantitative estimate of drug-likeness (QED) is 0.0266. The first-order valence-corrected chi connectivity index (χ1v) is 26.7. The maximum absolute atomic E-state index is 12.7. The molecule has 2 N–H and O–H groups in total. The van der Waals surface area contributed by atoms with Crippen LogP contribution in [0.25, 0.3) is 0 Å². The van der Waals surface area contributed by atoms with Gasteiger partial charge in [-0.3, -0.25) is 18.6 Å². The number of quaternary nitrogens is 2. The molecule has 0 aliphatic rings. The fourth-order valence-corrected chi connectivity index (χ4v) is 7.59. The summed E-state index contributed by atoms with van der Waals surface area (Å²) >= 11 is 0. The van der Waals surface area contributed by atoms with E-state index in [4.69, 9.17) is 23.6 Å². The van der Waals surface area contributed by atoms with Crippen LogP contribution in [0.15, 0.2) is 0 Å². The maximum Gasteiger partial charge on any atom is 0.472 e. The average Bonchev–Trinajstić information content (AvgIpc) is 3.18. The number of likely N-dealkylation sites (N-methyl/N-ethyl adjacent to an activating group) is 2. The minimum Gasteiger partial charge on any atom is -0.462 e. The zero-order chi connectivity index (χ0) is 45.9. The number of nitrogens with zero attached hydrogens (tertiary/aromatic N) is 2. The lowest BCUT2D eigenvalue weighted by molar-refractivity contribution is -0.870. The first-order chi connectivity index (χ1) is 29.0. The van der Waals surface area contributed by atoms with Crippen molar-refractivity contribution in [3.05, 3.63) is 0 Å². The number of aliphatic hydroxyl groups excluding tert-OH is 1. The molecule has 11 nitrogen and oxygen atoms in total. The molecule has 0 aromatic heterocycles. The van der Waals surface area contributed by atoms with Crippen LogP contribution >= 0.6 is 7.82 Å².